The van der Waals surface area contributed by atoms with E-state index in [9.17, 15) is 19.2 Å². The maximum absolute atomic E-state index is 12.3. The molecule has 0 fully saturated rings. The fourth-order valence-electron chi connectivity index (χ4n) is 2.73. The number of Topliss-reactive ketones (excluding diaryl/α,β-unsaturated/α-hetero) is 1. The summed E-state index contributed by atoms with van der Waals surface area (Å²) in [6.07, 6.45) is 0.689. The molecule has 144 valence electrons. The Morgan fingerprint density at radius 2 is 1.89 bits per heavy atom. The van der Waals surface area contributed by atoms with E-state index in [1.165, 1.54) is 0 Å². The first-order chi connectivity index (χ1) is 12.8. The third-order valence-electron chi connectivity index (χ3n) is 4.17. The molecule has 1 heterocycles. The molecule has 0 bridgehead atoms. The van der Waals surface area contributed by atoms with E-state index >= 15 is 0 Å². The number of hydrogen-bond acceptors (Lipinski definition) is 6. The molecule has 3 N–H and O–H groups in total. The summed E-state index contributed by atoms with van der Waals surface area (Å²) in [6.45, 7) is 3.35. The van der Waals surface area contributed by atoms with E-state index in [2.05, 4.69) is 4.98 Å². The van der Waals surface area contributed by atoms with Gasteiger partial charge in [-0.3, -0.25) is 23.9 Å². The monoisotopic (exact) mass is 373 g/mol. The van der Waals surface area contributed by atoms with Gasteiger partial charge in [-0.25, -0.2) is 4.79 Å². The number of benzene rings is 1. The Labute approximate surface area is 156 Å². The van der Waals surface area contributed by atoms with Crippen LogP contribution in [0.15, 0.2) is 39.9 Å². The minimum atomic E-state index is -0.886. The lowest BCUT2D eigenvalue weighted by molar-refractivity contribution is -0.142. The number of nitrogens with zero attached hydrogens (tertiary/aromatic N) is 1. The average molecular weight is 373 g/mol. The van der Waals surface area contributed by atoms with Crippen LogP contribution in [0.2, 0.25) is 0 Å². The number of ether oxygens (including phenoxy) is 1. The van der Waals surface area contributed by atoms with Crippen molar-refractivity contribution in [2.75, 3.05) is 12.3 Å². The molecule has 0 aliphatic carbocycles. The van der Waals surface area contributed by atoms with Crippen molar-refractivity contribution < 1.29 is 14.3 Å². The molecule has 1 aromatic carbocycles. The van der Waals surface area contributed by atoms with Gasteiger partial charge in [-0.15, -0.1) is 0 Å². The number of esters is 1. The maximum Gasteiger partial charge on any atom is 0.329 e. The molecule has 0 saturated carbocycles. The van der Waals surface area contributed by atoms with Gasteiger partial charge in [0.2, 0.25) is 5.78 Å². The zero-order chi connectivity index (χ0) is 20.0. The first-order valence-corrected chi connectivity index (χ1v) is 8.71. The van der Waals surface area contributed by atoms with Crippen LogP contribution in [0.5, 0.6) is 0 Å². The Balaban J connectivity index is 2.05. The summed E-state index contributed by atoms with van der Waals surface area (Å²) in [5, 5.41) is 0. The summed E-state index contributed by atoms with van der Waals surface area (Å²) in [5.41, 5.74) is 4.87. The second-order valence-electron chi connectivity index (χ2n) is 6.27. The van der Waals surface area contributed by atoms with Gasteiger partial charge in [0.05, 0.1) is 6.42 Å². The van der Waals surface area contributed by atoms with E-state index in [0.717, 1.165) is 10.1 Å². The van der Waals surface area contributed by atoms with Crippen molar-refractivity contribution in [1.82, 2.24) is 9.55 Å². The van der Waals surface area contributed by atoms with Crippen LogP contribution < -0.4 is 17.0 Å². The van der Waals surface area contributed by atoms with E-state index in [-0.39, 0.29) is 30.3 Å². The van der Waals surface area contributed by atoms with Crippen LogP contribution in [0.1, 0.15) is 48.5 Å². The van der Waals surface area contributed by atoms with Gasteiger partial charge in [0.25, 0.3) is 5.56 Å². The number of aromatic amines is 1. The van der Waals surface area contributed by atoms with E-state index in [0.29, 0.717) is 6.42 Å². The lowest BCUT2D eigenvalue weighted by atomic mass is 9.98. The van der Waals surface area contributed by atoms with Gasteiger partial charge in [0, 0.05) is 6.54 Å². The van der Waals surface area contributed by atoms with Crippen molar-refractivity contribution in [1.29, 1.82) is 0 Å². The van der Waals surface area contributed by atoms with Crippen molar-refractivity contribution in [3.8, 4) is 0 Å². The molecule has 0 amide bonds. The normalized spacial score (nSPS) is 11.8. The third-order valence-corrected chi connectivity index (χ3v) is 4.17. The third kappa shape index (κ3) is 4.93. The lowest BCUT2D eigenvalue weighted by Gasteiger charge is -2.13. The molecular formula is C19H23N3O5. The van der Waals surface area contributed by atoms with Gasteiger partial charge in [-0.1, -0.05) is 44.2 Å². The van der Waals surface area contributed by atoms with E-state index in [1.54, 1.807) is 0 Å². The van der Waals surface area contributed by atoms with Crippen molar-refractivity contribution in [2.45, 2.75) is 39.2 Å². The predicted octanol–water partition coefficient (Wildman–Crippen LogP) is 1.45. The van der Waals surface area contributed by atoms with Gasteiger partial charge >= 0.3 is 11.7 Å². The molecule has 1 atom stereocenters. The second-order valence-corrected chi connectivity index (χ2v) is 6.27. The van der Waals surface area contributed by atoms with Crippen LogP contribution in [0, 0.1) is 0 Å². The molecule has 1 unspecified atom stereocenters. The number of nitrogens with two attached hydrogens (primary N) is 1. The number of nitrogens with one attached hydrogen (secondary N) is 1. The highest BCUT2D eigenvalue weighted by Crippen LogP contribution is 2.19. The molecule has 8 heteroatoms. The van der Waals surface area contributed by atoms with Gasteiger partial charge in [0.1, 0.15) is 11.4 Å². The first kappa shape index (κ1) is 20.2. The van der Waals surface area contributed by atoms with E-state index < -0.39 is 29.6 Å². The quantitative estimate of drug-likeness (QED) is 0.533. The molecule has 1 aromatic heterocycles. The first-order valence-electron chi connectivity index (χ1n) is 8.71. The number of H-pyrrole nitrogens is 1. The van der Waals surface area contributed by atoms with Crippen LogP contribution >= 0.6 is 0 Å². The van der Waals surface area contributed by atoms with Gasteiger partial charge in [0.15, 0.2) is 6.61 Å². The Kier molecular flexibility index (Phi) is 6.70. The highest BCUT2D eigenvalue weighted by Gasteiger charge is 2.21. The van der Waals surface area contributed by atoms with Gasteiger partial charge in [-0.2, -0.15) is 0 Å². The SMILES string of the molecule is CCCn1c(N)c(C(=O)COC(=O)CC(C)c2ccccc2)c(=O)[nH]c1=O. The molecule has 0 radical (unpaired) electrons. The van der Waals surface area contributed by atoms with E-state index in [4.69, 9.17) is 10.5 Å². The number of carbonyl (C=O) groups is 2. The molecule has 2 aromatic rings. The fourth-order valence-corrected chi connectivity index (χ4v) is 2.73. The van der Waals surface area contributed by atoms with E-state index in [1.807, 2.05) is 44.2 Å². The molecule has 0 spiro atoms. The van der Waals surface area contributed by atoms with Crippen molar-refractivity contribution in [3.63, 3.8) is 0 Å². The Hall–Kier alpha value is -3.16. The molecule has 0 aliphatic rings. The van der Waals surface area contributed by atoms with Gasteiger partial charge < -0.3 is 10.5 Å². The summed E-state index contributed by atoms with van der Waals surface area (Å²) in [6, 6.07) is 9.44. The topological polar surface area (TPSA) is 124 Å². The molecule has 8 nitrogen and oxygen atoms in total. The lowest BCUT2D eigenvalue weighted by Crippen LogP contribution is -2.37. The zero-order valence-corrected chi connectivity index (χ0v) is 15.4. The van der Waals surface area contributed by atoms with Crippen LogP contribution in [-0.4, -0.2) is 27.9 Å². The molecule has 0 aliphatic heterocycles. The van der Waals surface area contributed by atoms with Crippen molar-refractivity contribution in [2.24, 2.45) is 0 Å². The molecule has 0 saturated heterocycles. The number of carbonyl (C=O) groups excluding carboxylic acids is 2. The van der Waals surface area contributed by atoms with Crippen molar-refractivity contribution >= 4 is 17.6 Å². The predicted molar refractivity (Wildman–Crippen MR) is 101 cm³/mol. The fraction of sp³-hybridized carbons (Fsp3) is 0.368. The van der Waals surface area contributed by atoms with Crippen LogP contribution in [0.3, 0.4) is 0 Å². The largest absolute Gasteiger partial charge is 0.457 e. The smallest absolute Gasteiger partial charge is 0.329 e. The minimum absolute atomic E-state index is 0.0752. The number of rotatable bonds is 8. The number of nitrogen functional groups attached to an aromatic ring is 1. The molecule has 2 rings (SSSR count). The minimum Gasteiger partial charge on any atom is -0.457 e. The summed E-state index contributed by atoms with van der Waals surface area (Å²) in [5.74, 6) is -1.60. The number of hydrogen-bond donors (Lipinski definition) is 2. The summed E-state index contributed by atoms with van der Waals surface area (Å²) >= 11 is 0. The van der Waals surface area contributed by atoms with Crippen LogP contribution in [0.4, 0.5) is 5.82 Å². The van der Waals surface area contributed by atoms with Crippen molar-refractivity contribution in [3.05, 3.63) is 62.3 Å². The highest BCUT2D eigenvalue weighted by atomic mass is 16.5. The second kappa shape index (κ2) is 8.98. The molecular weight excluding hydrogens is 350 g/mol. The average Bonchev–Trinajstić information content (AvgIpc) is 2.64. The van der Waals surface area contributed by atoms with Crippen LogP contribution in [-0.2, 0) is 16.1 Å². The standard InChI is InChI=1S/C19H23N3O5/c1-3-9-22-17(20)16(18(25)21-19(22)26)14(23)11-27-15(24)10-12(2)13-7-5-4-6-8-13/h4-8,12H,3,9-11,20H2,1-2H3,(H,21,25,26). The zero-order valence-electron chi connectivity index (χ0n) is 15.4. The Morgan fingerprint density at radius 1 is 1.22 bits per heavy atom. The molecule has 27 heavy (non-hydrogen) atoms. The Morgan fingerprint density at radius 3 is 2.52 bits per heavy atom. The van der Waals surface area contributed by atoms with Crippen LogP contribution in [0.25, 0.3) is 0 Å². The highest BCUT2D eigenvalue weighted by molar-refractivity contribution is 6.01. The summed E-state index contributed by atoms with van der Waals surface area (Å²) in [7, 11) is 0. The van der Waals surface area contributed by atoms with Gasteiger partial charge in [-0.05, 0) is 17.9 Å². The Bertz CT molecular complexity index is 931. The summed E-state index contributed by atoms with van der Waals surface area (Å²) in [4.78, 5) is 50.1. The summed E-state index contributed by atoms with van der Waals surface area (Å²) < 4.78 is 6.13. The number of ketones is 1. The number of aromatic nitrogens is 2. The number of anilines is 1. The maximum atomic E-state index is 12.3.